The molecule has 1 atom stereocenters. The Balaban J connectivity index is 2.09. The first kappa shape index (κ1) is 10.7. The van der Waals surface area contributed by atoms with Gasteiger partial charge < -0.3 is 10.4 Å². The predicted octanol–water partition coefficient (Wildman–Crippen LogP) is 1.69. The van der Waals surface area contributed by atoms with E-state index in [-0.39, 0.29) is 6.61 Å². The van der Waals surface area contributed by atoms with Crippen LogP contribution in [0, 0.1) is 0 Å². The minimum atomic E-state index is 0.242. The molecule has 0 spiro atoms. The number of hydrogen-bond acceptors (Lipinski definition) is 2. The molecule has 1 aliphatic heterocycles. The molecule has 1 unspecified atom stereocenters. The molecule has 1 aromatic carbocycles. The van der Waals surface area contributed by atoms with Gasteiger partial charge in [0, 0.05) is 13.2 Å². The number of hydrogen-bond donors (Lipinski definition) is 2. The van der Waals surface area contributed by atoms with E-state index in [0.717, 1.165) is 19.5 Å². The van der Waals surface area contributed by atoms with Crippen LogP contribution >= 0.6 is 0 Å². The van der Waals surface area contributed by atoms with Gasteiger partial charge >= 0.3 is 0 Å². The van der Waals surface area contributed by atoms with E-state index >= 15 is 0 Å². The van der Waals surface area contributed by atoms with Crippen LogP contribution in [0.1, 0.15) is 29.9 Å². The van der Waals surface area contributed by atoms with Gasteiger partial charge in [-0.2, -0.15) is 0 Å². The molecular formula is C13H19NO. The SMILES string of the molecule is OCCc1cccc(C2CCCNC2)c1. The first-order chi connectivity index (χ1) is 7.40. The second-order valence-electron chi connectivity index (χ2n) is 4.26. The molecule has 15 heavy (non-hydrogen) atoms. The van der Waals surface area contributed by atoms with Gasteiger partial charge in [0.05, 0.1) is 0 Å². The Bertz CT molecular complexity index is 305. The minimum absolute atomic E-state index is 0.242. The molecule has 1 aliphatic rings. The van der Waals surface area contributed by atoms with Gasteiger partial charge in [-0.25, -0.2) is 0 Å². The Morgan fingerprint density at radius 2 is 2.33 bits per heavy atom. The summed E-state index contributed by atoms with van der Waals surface area (Å²) < 4.78 is 0. The molecule has 0 aromatic heterocycles. The fourth-order valence-corrected chi connectivity index (χ4v) is 2.27. The van der Waals surface area contributed by atoms with E-state index in [0.29, 0.717) is 5.92 Å². The van der Waals surface area contributed by atoms with Crippen LogP contribution in [0.25, 0.3) is 0 Å². The maximum Gasteiger partial charge on any atom is 0.0471 e. The van der Waals surface area contributed by atoms with Crippen molar-refractivity contribution in [2.24, 2.45) is 0 Å². The van der Waals surface area contributed by atoms with Crippen LogP contribution in [0.4, 0.5) is 0 Å². The lowest BCUT2D eigenvalue weighted by Crippen LogP contribution is -2.28. The summed E-state index contributed by atoms with van der Waals surface area (Å²) in [7, 11) is 0. The smallest absolute Gasteiger partial charge is 0.0471 e. The summed E-state index contributed by atoms with van der Waals surface area (Å²) in [6, 6.07) is 8.65. The summed E-state index contributed by atoms with van der Waals surface area (Å²) >= 11 is 0. The standard InChI is InChI=1S/C13H19NO/c15-8-6-11-3-1-4-12(9-11)13-5-2-7-14-10-13/h1,3-4,9,13-15H,2,5-8,10H2. The summed E-state index contributed by atoms with van der Waals surface area (Å²) in [5.41, 5.74) is 2.67. The Hall–Kier alpha value is -0.860. The number of rotatable bonds is 3. The first-order valence-electron chi connectivity index (χ1n) is 5.80. The highest BCUT2D eigenvalue weighted by molar-refractivity contribution is 5.27. The summed E-state index contributed by atoms with van der Waals surface area (Å²) in [4.78, 5) is 0. The predicted molar refractivity (Wildman–Crippen MR) is 62.1 cm³/mol. The van der Waals surface area contributed by atoms with Gasteiger partial charge in [-0.1, -0.05) is 24.3 Å². The maximum atomic E-state index is 8.91. The molecule has 2 heteroatoms. The van der Waals surface area contributed by atoms with Crippen molar-refractivity contribution >= 4 is 0 Å². The van der Waals surface area contributed by atoms with Crippen molar-refractivity contribution in [2.45, 2.75) is 25.2 Å². The second-order valence-corrected chi connectivity index (χ2v) is 4.26. The molecule has 0 radical (unpaired) electrons. The van der Waals surface area contributed by atoms with E-state index in [1.807, 2.05) is 0 Å². The highest BCUT2D eigenvalue weighted by Crippen LogP contribution is 2.23. The molecule has 0 bridgehead atoms. The van der Waals surface area contributed by atoms with E-state index in [9.17, 15) is 0 Å². The van der Waals surface area contributed by atoms with Crippen molar-refractivity contribution < 1.29 is 5.11 Å². The lowest BCUT2D eigenvalue weighted by molar-refractivity contribution is 0.299. The van der Waals surface area contributed by atoms with Crippen molar-refractivity contribution in [2.75, 3.05) is 19.7 Å². The van der Waals surface area contributed by atoms with Crippen LogP contribution in [-0.2, 0) is 6.42 Å². The molecule has 82 valence electrons. The van der Waals surface area contributed by atoms with Crippen molar-refractivity contribution in [3.8, 4) is 0 Å². The van der Waals surface area contributed by atoms with Gasteiger partial charge in [0.15, 0.2) is 0 Å². The monoisotopic (exact) mass is 205 g/mol. The molecule has 2 N–H and O–H groups in total. The van der Waals surface area contributed by atoms with E-state index in [2.05, 4.69) is 29.6 Å². The Morgan fingerprint density at radius 1 is 1.40 bits per heavy atom. The fraction of sp³-hybridized carbons (Fsp3) is 0.538. The van der Waals surface area contributed by atoms with E-state index < -0.39 is 0 Å². The van der Waals surface area contributed by atoms with Gasteiger partial charge in [-0.05, 0) is 42.9 Å². The lowest BCUT2D eigenvalue weighted by atomic mass is 9.90. The van der Waals surface area contributed by atoms with Crippen LogP contribution < -0.4 is 5.32 Å². The normalized spacial score (nSPS) is 21.5. The van der Waals surface area contributed by atoms with Crippen LogP contribution in [0.2, 0.25) is 0 Å². The number of aliphatic hydroxyl groups is 1. The van der Waals surface area contributed by atoms with Crippen LogP contribution in [0.3, 0.4) is 0 Å². The van der Waals surface area contributed by atoms with Gasteiger partial charge in [-0.3, -0.25) is 0 Å². The van der Waals surface area contributed by atoms with Gasteiger partial charge in [-0.15, -0.1) is 0 Å². The number of aliphatic hydroxyl groups excluding tert-OH is 1. The molecule has 1 heterocycles. The average Bonchev–Trinajstić information content (AvgIpc) is 2.31. The number of nitrogens with one attached hydrogen (secondary N) is 1. The van der Waals surface area contributed by atoms with Crippen LogP contribution in [0.15, 0.2) is 24.3 Å². The van der Waals surface area contributed by atoms with Crippen molar-refractivity contribution in [3.63, 3.8) is 0 Å². The number of benzene rings is 1. The summed E-state index contributed by atoms with van der Waals surface area (Å²) in [6.07, 6.45) is 3.33. The maximum absolute atomic E-state index is 8.91. The van der Waals surface area contributed by atoms with E-state index in [4.69, 9.17) is 5.11 Å². The summed E-state index contributed by atoms with van der Waals surface area (Å²) in [5, 5.41) is 12.3. The minimum Gasteiger partial charge on any atom is -0.396 e. The van der Waals surface area contributed by atoms with Gasteiger partial charge in [0.25, 0.3) is 0 Å². The fourth-order valence-electron chi connectivity index (χ4n) is 2.27. The van der Waals surface area contributed by atoms with E-state index in [1.165, 1.54) is 24.0 Å². The molecule has 2 rings (SSSR count). The Morgan fingerprint density at radius 3 is 3.07 bits per heavy atom. The van der Waals surface area contributed by atoms with Crippen molar-refractivity contribution in [1.82, 2.24) is 5.32 Å². The molecule has 0 saturated carbocycles. The number of piperidine rings is 1. The zero-order valence-corrected chi connectivity index (χ0v) is 9.08. The second kappa shape index (κ2) is 5.29. The van der Waals surface area contributed by atoms with Gasteiger partial charge in [0.2, 0.25) is 0 Å². The largest absolute Gasteiger partial charge is 0.396 e. The average molecular weight is 205 g/mol. The lowest BCUT2D eigenvalue weighted by Gasteiger charge is -2.23. The summed E-state index contributed by atoms with van der Waals surface area (Å²) in [6.45, 7) is 2.50. The molecule has 0 amide bonds. The van der Waals surface area contributed by atoms with Crippen molar-refractivity contribution in [1.29, 1.82) is 0 Å². The molecule has 1 saturated heterocycles. The van der Waals surface area contributed by atoms with E-state index in [1.54, 1.807) is 0 Å². The van der Waals surface area contributed by atoms with Crippen molar-refractivity contribution in [3.05, 3.63) is 35.4 Å². The third kappa shape index (κ3) is 2.80. The molecule has 1 fully saturated rings. The zero-order valence-electron chi connectivity index (χ0n) is 9.08. The first-order valence-corrected chi connectivity index (χ1v) is 5.80. The van der Waals surface area contributed by atoms with Gasteiger partial charge in [0.1, 0.15) is 0 Å². The highest BCUT2D eigenvalue weighted by atomic mass is 16.2. The Labute approximate surface area is 91.3 Å². The summed E-state index contributed by atoms with van der Waals surface area (Å²) in [5.74, 6) is 0.664. The quantitative estimate of drug-likeness (QED) is 0.787. The molecular weight excluding hydrogens is 186 g/mol. The third-order valence-electron chi connectivity index (χ3n) is 3.12. The molecule has 1 aromatic rings. The topological polar surface area (TPSA) is 32.3 Å². The highest BCUT2D eigenvalue weighted by Gasteiger charge is 2.14. The molecule has 0 aliphatic carbocycles. The zero-order chi connectivity index (χ0) is 10.5. The Kier molecular flexibility index (Phi) is 3.75. The third-order valence-corrected chi connectivity index (χ3v) is 3.12. The van der Waals surface area contributed by atoms with Crippen LogP contribution in [-0.4, -0.2) is 24.8 Å². The molecule has 2 nitrogen and oxygen atoms in total. The van der Waals surface area contributed by atoms with Crippen LogP contribution in [0.5, 0.6) is 0 Å².